The molecule has 0 N–H and O–H groups in total. The number of aromatic nitrogens is 3. The highest BCUT2D eigenvalue weighted by Gasteiger charge is 2.21. The van der Waals surface area contributed by atoms with Crippen LogP contribution in [0.4, 0.5) is 0 Å². The van der Waals surface area contributed by atoms with Gasteiger partial charge in [-0.05, 0) is 18.2 Å². The van der Waals surface area contributed by atoms with Crippen LogP contribution in [0, 0.1) is 0 Å². The molecule has 0 amide bonds. The van der Waals surface area contributed by atoms with E-state index in [4.69, 9.17) is 16.3 Å². The molecule has 0 radical (unpaired) electrons. The molecular formula is C17H17ClN4O4S2. The maximum atomic E-state index is 12.4. The molecule has 0 saturated heterocycles. The van der Waals surface area contributed by atoms with Gasteiger partial charge in [0.2, 0.25) is 10.0 Å². The number of nitrogens with zero attached hydrogens (tertiary/aromatic N) is 4. The fraction of sp³-hybridized carbons (Fsp3) is 0.235. The quantitative estimate of drug-likeness (QED) is 0.547. The van der Waals surface area contributed by atoms with Gasteiger partial charge in [0.25, 0.3) is 0 Å². The number of ether oxygens (including phenoxy) is 1. The zero-order chi connectivity index (χ0) is 20.5. The number of carbonyl (C=O) groups is 1. The van der Waals surface area contributed by atoms with Crippen LogP contribution in [-0.4, -0.2) is 47.6 Å². The maximum Gasteiger partial charge on any atom is 0.340 e. The van der Waals surface area contributed by atoms with Crippen LogP contribution in [0.2, 0.25) is 5.02 Å². The van der Waals surface area contributed by atoms with Crippen molar-refractivity contribution in [3.63, 3.8) is 0 Å². The molecule has 0 aliphatic carbocycles. The van der Waals surface area contributed by atoms with Crippen molar-refractivity contribution in [3.8, 4) is 10.6 Å². The molecule has 0 bridgehead atoms. The summed E-state index contributed by atoms with van der Waals surface area (Å²) in [5, 5.41) is 6.75. The Kier molecular flexibility index (Phi) is 5.84. The average Bonchev–Trinajstić information content (AvgIpc) is 3.28. The zero-order valence-corrected chi connectivity index (χ0v) is 17.7. The lowest BCUT2D eigenvalue weighted by molar-refractivity contribution is 0.0468. The van der Waals surface area contributed by atoms with E-state index in [-0.39, 0.29) is 22.1 Å². The van der Waals surface area contributed by atoms with Gasteiger partial charge < -0.3 is 4.74 Å². The second-order valence-electron chi connectivity index (χ2n) is 6.05. The van der Waals surface area contributed by atoms with Crippen LogP contribution in [0.5, 0.6) is 0 Å². The predicted octanol–water partition coefficient (Wildman–Crippen LogP) is 2.80. The van der Waals surface area contributed by atoms with Gasteiger partial charge in [0.15, 0.2) is 0 Å². The van der Waals surface area contributed by atoms with Gasteiger partial charge in [-0.1, -0.05) is 11.6 Å². The van der Waals surface area contributed by atoms with Crippen LogP contribution in [0.1, 0.15) is 16.1 Å². The number of sulfonamides is 1. The molecule has 0 spiro atoms. The Balaban J connectivity index is 1.74. The van der Waals surface area contributed by atoms with Gasteiger partial charge >= 0.3 is 5.97 Å². The fourth-order valence-corrected chi connectivity index (χ4v) is 4.19. The molecule has 0 atom stereocenters. The molecule has 3 rings (SSSR count). The van der Waals surface area contributed by atoms with Crippen LogP contribution in [0.25, 0.3) is 10.6 Å². The summed E-state index contributed by atoms with van der Waals surface area (Å²) in [6.07, 6.45) is 3.54. The lowest BCUT2D eigenvalue weighted by atomic mass is 10.2. The third kappa shape index (κ3) is 4.25. The molecule has 0 unspecified atom stereocenters. The summed E-state index contributed by atoms with van der Waals surface area (Å²) in [6.45, 7) is -0.0589. The van der Waals surface area contributed by atoms with Crippen molar-refractivity contribution < 1.29 is 17.9 Å². The number of esters is 1. The number of halogens is 1. The fourth-order valence-electron chi connectivity index (χ4n) is 2.29. The molecule has 0 aliphatic rings. The van der Waals surface area contributed by atoms with Gasteiger partial charge in [0.1, 0.15) is 11.6 Å². The summed E-state index contributed by atoms with van der Waals surface area (Å²) < 4.78 is 32.5. The van der Waals surface area contributed by atoms with Crippen LogP contribution < -0.4 is 0 Å². The van der Waals surface area contributed by atoms with Crippen molar-refractivity contribution in [3.05, 3.63) is 52.3 Å². The number of hydrogen-bond acceptors (Lipinski definition) is 7. The minimum atomic E-state index is -3.69. The highest BCUT2D eigenvalue weighted by Crippen LogP contribution is 2.25. The summed E-state index contributed by atoms with van der Waals surface area (Å²) in [7, 11) is 0.933. The van der Waals surface area contributed by atoms with E-state index >= 15 is 0 Å². The molecule has 3 aromatic rings. The summed E-state index contributed by atoms with van der Waals surface area (Å²) in [5.74, 6) is -0.725. The summed E-state index contributed by atoms with van der Waals surface area (Å²) >= 11 is 7.47. The number of rotatable bonds is 6. The van der Waals surface area contributed by atoms with Gasteiger partial charge in [-0.15, -0.1) is 11.3 Å². The molecule has 2 heterocycles. The summed E-state index contributed by atoms with van der Waals surface area (Å²) in [6, 6.07) is 3.91. The third-order valence-corrected chi connectivity index (χ3v) is 6.87. The molecule has 0 fully saturated rings. The van der Waals surface area contributed by atoms with Gasteiger partial charge in [0.05, 0.1) is 27.4 Å². The minimum absolute atomic E-state index is 0.0210. The SMILES string of the molecule is CN(C)S(=O)(=O)c1ccc(Cl)c(C(=O)OCc2csc(-c3cnn(C)c3)n2)c1. The van der Waals surface area contributed by atoms with E-state index in [1.807, 2.05) is 13.2 Å². The molecule has 148 valence electrons. The number of benzene rings is 1. The van der Waals surface area contributed by atoms with Crippen LogP contribution in [0.15, 0.2) is 40.9 Å². The van der Waals surface area contributed by atoms with Crippen molar-refractivity contribution in [1.29, 1.82) is 0 Å². The smallest absolute Gasteiger partial charge is 0.340 e. The molecular weight excluding hydrogens is 424 g/mol. The first-order valence-corrected chi connectivity index (χ1v) is 10.7. The second-order valence-corrected chi connectivity index (χ2v) is 9.47. The lowest BCUT2D eigenvalue weighted by Gasteiger charge is -2.13. The predicted molar refractivity (Wildman–Crippen MR) is 106 cm³/mol. The van der Waals surface area contributed by atoms with Crippen molar-refractivity contribution in [2.24, 2.45) is 7.05 Å². The van der Waals surface area contributed by atoms with E-state index in [1.165, 1.54) is 43.6 Å². The topological polar surface area (TPSA) is 94.4 Å². The van der Waals surface area contributed by atoms with Gasteiger partial charge in [-0.25, -0.2) is 22.5 Å². The number of thiazole rings is 1. The molecule has 2 aromatic heterocycles. The van der Waals surface area contributed by atoms with Gasteiger partial charge in [0, 0.05) is 38.3 Å². The summed E-state index contributed by atoms with van der Waals surface area (Å²) in [4.78, 5) is 16.8. The Bertz CT molecular complexity index is 1120. The van der Waals surface area contributed by atoms with E-state index < -0.39 is 16.0 Å². The lowest BCUT2D eigenvalue weighted by Crippen LogP contribution is -2.22. The zero-order valence-electron chi connectivity index (χ0n) is 15.3. The van der Waals surface area contributed by atoms with Crippen molar-refractivity contribution in [1.82, 2.24) is 19.1 Å². The Morgan fingerprint density at radius 2 is 2.11 bits per heavy atom. The second kappa shape index (κ2) is 8.00. The Labute approximate surface area is 171 Å². The minimum Gasteiger partial charge on any atom is -0.456 e. The molecule has 1 aromatic carbocycles. The standard InChI is InChI=1S/C17H17ClN4O4S2/c1-21(2)28(24,25)13-4-5-15(18)14(6-13)17(23)26-9-12-10-27-16(20-12)11-7-19-22(3)8-11/h4-8,10H,9H2,1-3H3. The third-order valence-electron chi connectivity index (χ3n) is 3.79. The normalized spacial score (nSPS) is 11.8. The number of aryl methyl sites for hydroxylation is 1. The van der Waals surface area contributed by atoms with Crippen LogP contribution >= 0.6 is 22.9 Å². The van der Waals surface area contributed by atoms with E-state index in [0.717, 1.165) is 14.9 Å². The molecule has 8 nitrogen and oxygen atoms in total. The van der Waals surface area contributed by atoms with Gasteiger partial charge in [-0.2, -0.15) is 5.10 Å². The highest BCUT2D eigenvalue weighted by molar-refractivity contribution is 7.89. The van der Waals surface area contributed by atoms with Crippen molar-refractivity contribution in [2.45, 2.75) is 11.5 Å². The Morgan fingerprint density at radius 1 is 1.36 bits per heavy atom. The first kappa shape index (κ1) is 20.5. The Morgan fingerprint density at radius 3 is 2.75 bits per heavy atom. The van der Waals surface area contributed by atoms with E-state index in [9.17, 15) is 13.2 Å². The largest absolute Gasteiger partial charge is 0.456 e. The maximum absolute atomic E-state index is 12.4. The molecule has 11 heteroatoms. The van der Waals surface area contributed by atoms with Crippen LogP contribution in [0.3, 0.4) is 0 Å². The average molecular weight is 441 g/mol. The molecule has 0 aliphatic heterocycles. The van der Waals surface area contributed by atoms with Crippen molar-refractivity contribution >= 4 is 38.9 Å². The number of carbonyl (C=O) groups excluding carboxylic acids is 1. The van der Waals surface area contributed by atoms with Crippen LogP contribution in [-0.2, 0) is 28.4 Å². The highest BCUT2D eigenvalue weighted by atomic mass is 35.5. The Hall–Kier alpha value is -2.27. The first-order chi connectivity index (χ1) is 13.2. The van der Waals surface area contributed by atoms with Gasteiger partial charge in [-0.3, -0.25) is 4.68 Å². The van der Waals surface area contributed by atoms with E-state index in [2.05, 4.69) is 10.1 Å². The monoisotopic (exact) mass is 440 g/mol. The summed E-state index contributed by atoms with van der Waals surface area (Å²) in [5.41, 5.74) is 1.42. The van der Waals surface area contributed by atoms with Crippen molar-refractivity contribution in [2.75, 3.05) is 14.1 Å². The molecule has 0 saturated carbocycles. The van der Waals surface area contributed by atoms with E-state index in [0.29, 0.717) is 5.69 Å². The van der Waals surface area contributed by atoms with E-state index in [1.54, 1.807) is 16.3 Å². The first-order valence-electron chi connectivity index (χ1n) is 8.01. The molecule has 28 heavy (non-hydrogen) atoms. The number of hydrogen-bond donors (Lipinski definition) is 0.